The molecule has 2 aromatic carbocycles. The van der Waals surface area contributed by atoms with Gasteiger partial charge in [0.1, 0.15) is 0 Å². The van der Waals surface area contributed by atoms with Crippen molar-refractivity contribution in [1.82, 2.24) is 0 Å². The Morgan fingerprint density at radius 3 is 2.72 bits per heavy atom. The molecule has 0 saturated heterocycles. The molecular formula is C19H14N2O4. The van der Waals surface area contributed by atoms with Crippen LogP contribution in [0, 0.1) is 17.0 Å². The molecule has 0 atom stereocenters. The topological polar surface area (TPSA) is 81.8 Å². The van der Waals surface area contributed by atoms with E-state index in [0.29, 0.717) is 5.56 Å². The summed E-state index contributed by atoms with van der Waals surface area (Å²) in [5.41, 5.74) is 2.34. The molecule has 0 spiro atoms. The molecule has 0 radical (unpaired) electrons. The first-order chi connectivity index (χ1) is 12.0. The van der Waals surface area contributed by atoms with E-state index in [0.717, 1.165) is 11.1 Å². The van der Waals surface area contributed by atoms with Gasteiger partial charge in [-0.25, -0.2) is 9.79 Å². The summed E-state index contributed by atoms with van der Waals surface area (Å²) in [4.78, 5) is 26.6. The number of hydrogen-bond donors (Lipinski definition) is 0. The van der Waals surface area contributed by atoms with Crippen LogP contribution in [0.5, 0.6) is 0 Å². The van der Waals surface area contributed by atoms with Crippen LogP contribution in [0.3, 0.4) is 0 Å². The van der Waals surface area contributed by atoms with Gasteiger partial charge < -0.3 is 4.74 Å². The number of ether oxygens (including phenoxy) is 1. The molecule has 25 heavy (non-hydrogen) atoms. The zero-order valence-corrected chi connectivity index (χ0v) is 13.4. The normalized spacial score (nSPS) is 15.5. The highest BCUT2D eigenvalue weighted by Crippen LogP contribution is 2.20. The van der Waals surface area contributed by atoms with Crippen molar-refractivity contribution in [2.45, 2.75) is 6.92 Å². The third-order valence-electron chi connectivity index (χ3n) is 3.55. The Kier molecular flexibility index (Phi) is 4.52. The SMILES string of the molecule is Cc1cccc(C2=N/C(=C/C=C/c3ccccc3[N+](=O)[O-])C(=O)O2)c1. The van der Waals surface area contributed by atoms with Gasteiger partial charge in [-0.2, -0.15) is 0 Å². The number of para-hydroxylation sites is 1. The summed E-state index contributed by atoms with van der Waals surface area (Å²) >= 11 is 0. The lowest BCUT2D eigenvalue weighted by molar-refractivity contribution is -0.385. The van der Waals surface area contributed by atoms with Gasteiger partial charge in [-0.15, -0.1) is 0 Å². The molecule has 0 aromatic heterocycles. The van der Waals surface area contributed by atoms with E-state index in [4.69, 9.17) is 4.74 Å². The highest BCUT2D eigenvalue weighted by atomic mass is 16.6. The summed E-state index contributed by atoms with van der Waals surface area (Å²) in [5, 5.41) is 11.0. The molecule has 124 valence electrons. The molecule has 6 heteroatoms. The fourth-order valence-electron chi connectivity index (χ4n) is 2.36. The molecule has 0 unspecified atom stereocenters. The lowest BCUT2D eigenvalue weighted by Crippen LogP contribution is -2.05. The Labute approximate surface area is 143 Å². The van der Waals surface area contributed by atoms with Crippen molar-refractivity contribution in [2.24, 2.45) is 4.99 Å². The highest BCUT2D eigenvalue weighted by Gasteiger charge is 2.23. The Balaban J connectivity index is 1.84. The molecule has 0 saturated carbocycles. The van der Waals surface area contributed by atoms with Gasteiger partial charge in [-0.3, -0.25) is 10.1 Å². The van der Waals surface area contributed by atoms with Gasteiger partial charge in [-0.05, 0) is 37.3 Å². The van der Waals surface area contributed by atoms with Crippen molar-refractivity contribution in [1.29, 1.82) is 0 Å². The molecule has 0 fully saturated rings. The van der Waals surface area contributed by atoms with Crippen LogP contribution in [0.25, 0.3) is 6.08 Å². The van der Waals surface area contributed by atoms with Crippen LogP contribution >= 0.6 is 0 Å². The third kappa shape index (κ3) is 3.69. The van der Waals surface area contributed by atoms with Crippen LogP contribution in [-0.4, -0.2) is 16.8 Å². The first-order valence-electron chi connectivity index (χ1n) is 7.54. The minimum absolute atomic E-state index is 0.00454. The van der Waals surface area contributed by atoms with Crippen LogP contribution in [0.4, 0.5) is 5.69 Å². The molecule has 0 aliphatic carbocycles. The first-order valence-corrected chi connectivity index (χ1v) is 7.54. The number of cyclic esters (lactones) is 1. The molecule has 2 aromatic rings. The fraction of sp³-hybridized carbons (Fsp3) is 0.0526. The molecule has 0 bridgehead atoms. The van der Waals surface area contributed by atoms with E-state index >= 15 is 0 Å². The van der Waals surface area contributed by atoms with Gasteiger partial charge >= 0.3 is 5.97 Å². The molecule has 6 nitrogen and oxygen atoms in total. The Hall–Kier alpha value is -3.54. The van der Waals surface area contributed by atoms with Crippen molar-refractivity contribution in [3.63, 3.8) is 0 Å². The Bertz CT molecular complexity index is 942. The van der Waals surface area contributed by atoms with E-state index in [2.05, 4.69) is 4.99 Å². The maximum Gasteiger partial charge on any atom is 0.363 e. The van der Waals surface area contributed by atoms with E-state index in [1.807, 2.05) is 31.2 Å². The number of nitro groups is 1. The lowest BCUT2D eigenvalue weighted by atomic mass is 10.1. The van der Waals surface area contributed by atoms with Gasteiger partial charge in [0, 0.05) is 11.6 Å². The Morgan fingerprint density at radius 1 is 1.16 bits per heavy atom. The molecular weight excluding hydrogens is 320 g/mol. The number of nitro benzene ring substituents is 1. The second kappa shape index (κ2) is 6.92. The fourth-order valence-corrected chi connectivity index (χ4v) is 2.36. The smallest absolute Gasteiger partial charge is 0.363 e. The summed E-state index contributed by atoms with van der Waals surface area (Å²) in [5.74, 6) is -0.303. The largest absolute Gasteiger partial charge is 0.402 e. The predicted molar refractivity (Wildman–Crippen MR) is 94.0 cm³/mol. The second-order valence-electron chi connectivity index (χ2n) is 5.40. The maximum absolute atomic E-state index is 11.9. The van der Waals surface area contributed by atoms with Gasteiger partial charge in [0.25, 0.3) is 5.69 Å². The minimum atomic E-state index is -0.552. The quantitative estimate of drug-likeness (QED) is 0.368. The number of aliphatic imine (C=N–C) groups is 1. The number of benzene rings is 2. The monoisotopic (exact) mass is 334 g/mol. The van der Waals surface area contributed by atoms with Gasteiger partial charge in [0.2, 0.25) is 5.90 Å². The summed E-state index contributed by atoms with van der Waals surface area (Å²) in [6.45, 7) is 1.94. The maximum atomic E-state index is 11.9. The van der Waals surface area contributed by atoms with Crippen LogP contribution in [0.2, 0.25) is 0 Å². The number of allylic oxidation sites excluding steroid dienone is 2. The molecule has 3 rings (SSSR count). The van der Waals surface area contributed by atoms with Crippen molar-refractivity contribution in [3.05, 3.63) is 93.2 Å². The average molecular weight is 334 g/mol. The number of carbonyl (C=O) groups is 1. The zero-order valence-electron chi connectivity index (χ0n) is 13.4. The third-order valence-corrected chi connectivity index (χ3v) is 3.55. The standard InChI is InChI=1S/C19H14N2O4/c1-13-6-4-9-15(12-13)18-20-16(19(22)25-18)10-5-8-14-7-2-3-11-17(14)21(23)24/h2-12H,1H3/b8-5+,16-10+. The molecule has 1 heterocycles. The van der Waals surface area contributed by atoms with Gasteiger partial charge in [0.05, 0.1) is 10.5 Å². The number of nitrogens with zero attached hydrogens (tertiary/aromatic N) is 2. The second-order valence-corrected chi connectivity index (χ2v) is 5.40. The minimum Gasteiger partial charge on any atom is -0.402 e. The lowest BCUT2D eigenvalue weighted by Gasteiger charge is -1.99. The molecule has 1 aliphatic heterocycles. The molecule has 0 amide bonds. The first kappa shape index (κ1) is 16.3. The van der Waals surface area contributed by atoms with E-state index in [1.54, 1.807) is 30.4 Å². The van der Waals surface area contributed by atoms with Crippen molar-refractivity contribution >= 4 is 23.6 Å². The van der Waals surface area contributed by atoms with E-state index in [-0.39, 0.29) is 17.3 Å². The van der Waals surface area contributed by atoms with Crippen LogP contribution < -0.4 is 0 Å². The van der Waals surface area contributed by atoms with E-state index < -0.39 is 10.9 Å². The van der Waals surface area contributed by atoms with Gasteiger partial charge in [0.15, 0.2) is 5.70 Å². The summed E-state index contributed by atoms with van der Waals surface area (Å²) < 4.78 is 5.18. The summed E-state index contributed by atoms with van der Waals surface area (Å²) in [7, 11) is 0. The average Bonchev–Trinajstić information content (AvgIpc) is 2.96. The number of carbonyl (C=O) groups excluding carboxylic acids is 1. The Morgan fingerprint density at radius 2 is 1.96 bits per heavy atom. The van der Waals surface area contributed by atoms with E-state index in [1.165, 1.54) is 12.1 Å². The summed E-state index contributed by atoms with van der Waals surface area (Å²) in [6, 6.07) is 13.8. The number of esters is 1. The van der Waals surface area contributed by atoms with Crippen molar-refractivity contribution in [3.8, 4) is 0 Å². The molecule has 0 N–H and O–H groups in total. The van der Waals surface area contributed by atoms with Crippen LogP contribution in [0.15, 0.2) is 71.4 Å². The zero-order chi connectivity index (χ0) is 17.8. The predicted octanol–water partition coefficient (Wildman–Crippen LogP) is 3.80. The van der Waals surface area contributed by atoms with Gasteiger partial charge in [-0.1, -0.05) is 35.9 Å². The van der Waals surface area contributed by atoms with Crippen molar-refractivity contribution < 1.29 is 14.5 Å². The van der Waals surface area contributed by atoms with Crippen LogP contribution in [-0.2, 0) is 9.53 Å². The van der Waals surface area contributed by atoms with Crippen LogP contribution in [0.1, 0.15) is 16.7 Å². The van der Waals surface area contributed by atoms with Crippen molar-refractivity contribution in [2.75, 3.05) is 0 Å². The number of hydrogen-bond acceptors (Lipinski definition) is 5. The summed E-state index contributed by atoms with van der Waals surface area (Å²) in [6.07, 6.45) is 4.57. The number of rotatable bonds is 4. The highest BCUT2D eigenvalue weighted by molar-refractivity contribution is 6.11. The number of aryl methyl sites for hydroxylation is 1. The van der Waals surface area contributed by atoms with E-state index in [9.17, 15) is 14.9 Å². The molecule has 1 aliphatic rings.